The van der Waals surface area contributed by atoms with Gasteiger partial charge in [-0.15, -0.1) is 0 Å². The molecule has 2 heterocycles. The number of benzene rings is 1. The summed E-state index contributed by atoms with van der Waals surface area (Å²) in [6.07, 6.45) is 1.05. The highest BCUT2D eigenvalue weighted by Gasteiger charge is 2.26. The van der Waals surface area contributed by atoms with Crippen LogP contribution in [0.1, 0.15) is 18.0 Å². The van der Waals surface area contributed by atoms with Crippen molar-refractivity contribution in [3.05, 3.63) is 41.8 Å². The monoisotopic (exact) mass is 260 g/mol. The molecule has 1 aliphatic rings. The molecule has 0 amide bonds. The van der Waals surface area contributed by atoms with Crippen molar-refractivity contribution in [1.82, 2.24) is 9.78 Å². The van der Waals surface area contributed by atoms with Crippen LogP contribution < -0.4 is 10.6 Å². The molecule has 0 bridgehead atoms. The van der Waals surface area contributed by atoms with E-state index >= 15 is 0 Å². The molecule has 2 N–H and O–H groups in total. The van der Waals surface area contributed by atoms with Gasteiger partial charge in [0.1, 0.15) is 11.6 Å². The van der Waals surface area contributed by atoms with E-state index in [9.17, 15) is 4.39 Å². The number of nitrogens with two attached hydrogens (primary N) is 1. The van der Waals surface area contributed by atoms with E-state index in [2.05, 4.69) is 10.00 Å². The Labute approximate surface area is 111 Å². The first kappa shape index (κ1) is 12.0. The number of anilines is 2. The molecule has 1 saturated heterocycles. The SMILES string of the molecule is Cn1nc(C2CCN(c3ccc(F)cc3)C2)cc1N. The quantitative estimate of drug-likeness (QED) is 0.900. The molecule has 1 unspecified atom stereocenters. The van der Waals surface area contributed by atoms with Crippen LogP contribution in [0.4, 0.5) is 15.9 Å². The molecule has 19 heavy (non-hydrogen) atoms. The second-order valence-corrected chi connectivity index (χ2v) is 5.03. The highest BCUT2D eigenvalue weighted by Crippen LogP contribution is 2.30. The molecule has 5 heteroatoms. The molecule has 3 rings (SSSR count). The fraction of sp³-hybridized carbons (Fsp3) is 0.357. The highest BCUT2D eigenvalue weighted by molar-refractivity contribution is 5.48. The van der Waals surface area contributed by atoms with Gasteiger partial charge in [-0.3, -0.25) is 4.68 Å². The third-order valence-electron chi connectivity index (χ3n) is 3.73. The van der Waals surface area contributed by atoms with Gasteiger partial charge in [0.15, 0.2) is 0 Å². The lowest BCUT2D eigenvalue weighted by Crippen LogP contribution is -2.19. The topological polar surface area (TPSA) is 47.1 Å². The number of rotatable bonds is 2. The number of nitrogens with zero attached hydrogens (tertiary/aromatic N) is 3. The number of halogens is 1. The zero-order valence-electron chi connectivity index (χ0n) is 10.9. The van der Waals surface area contributed by atoms with Gasteiger partial charge in [0.2, 0.25) is 0 Å². The van der Waals surface area contributed by atoms with E-state index < -0.39 is 0 Å². The Bertz CT molecular complexity index is 556. The lowest BCUT2D eigenvalue weighted by atomic mass is 10.1. The number of aromatic nitrogens is 2. The Balaban J connectivity index is 1.75. The first-order valence-electron chi connectivity index (χ1n) is 6.43. The number of hydrogen-bond acceptors (Lipinski definition) is 3. The zero-order valence-corrected chi connectivity index (χ0v) is 10.9. The van der Waals surface area contributed by atoms with Gasteiger partial charge < -0.3 is 10.6 Å². The van der Waals surface area contributed by atoms with Crippen LogP contribution >= 0.6 is 0 Å². The third-order valence-corrected chi connectivity index (χ3v) is 3.73. The first-order valence-corrected chi connectivity index (χ1v) is 6.43. The fourth-order valence-electron chi connectivity index (χ4n) is 2.59. The Morgan fingerprint density at radius 3 is 2.68 bits per heavy atom. The van der Waals surface area contributed by atoms with E-state index in [0.29, 0.717) is 11.7 Å². The smallest absolute Gasteiger partial charge is 0.123 e. The second-order valence-electron chi connectivity index (χ2n) is 5.03. The minimum atomic E-state index is -0.197. The van der Waals surface area contributed by atoms with Crippen molar-refractivity contribution in [3.8, 4) is 0 Å². The van der Waals surface area contributed by atoms with E-state index in [-0.39, 0.29) is 5.82 Å². The molecule has 1 aliphatic heterocycles. The Hall–Kier alpha value is -2.04. The van der Waals surface area contributed by atoms with Crippen LogP contribution in [0, 0.1) is 5.82 Å². The molecule has 0 spiro atoms. The van der Waals surface area contributed by atoms with E-state index in [1.54, 1.807) is 4.68 Å². The van der Waals surface area contributed by atoms with Gasteiger partial charge in [-0.05, 0) is 30.7 Å². The van der Waals surface area contributed by atoms with Crippen molar-refractivity contribution in [1.29, 1.82) is 0 Å². The molecule has 0 radical (unpaired) electrons. The largest absolute Gasteiger partial charge is 0.384 e. The summed E-state index contributed by atoms with van der Waals surface area (Å²) in [5.41, 5.74) is 7.92. The molecule has 1 aromatic heterocycles. The second kappa shape index (κ2) is 4.57. The van der Waals surface area contributed by atoms with E-state index in [1.807, 2.05) is 25.2 Å². The molecular formula is C14H17FN4. The van der Waals surface area contributed by atoms with E-state index in [0.717, 1.165) is 30.9 Å². The molecule has 2 aromatic rings. The lowest BCUT2D eigenvalue weighted by molar-refractivity contribution is 0.627. The Morgan fingerprint density at radius 1 is 1.32 bits per heavy atom. The molecule has 1 atom stereocenters. The van der Waals surface area contributed by atoms with Crippen molar-refractivity contribution in [2.24, 2.45) is 7.05 Å². The summed E-state index contributed by atoms with van der Waals surface area (Å²) in [5, 5.41) is 4.44. The molecule has 1 aromatic carbocycles. The third kappa shape index (κ3) is 2.28. The summed E-state index contributed by atoms with van der Waals surface area (Å²) < 4.78 is 14.6. The van der Waals surface area contributed by atoms with Crippen LogP contribution in [0.2, 0.25) is 0 Å². The summed E-state index contributed by atoms with van der Waals surface area (Å²) >= 11 is 0. The molecular weight excluding hydrogens is 243 g/mol. The van der Waals surface area contributed by atoms with Gasteiger partial charge in [-0.25, -0.2) is 4.39 Å². The van der Waals surface area contributed by atoms with Crippen LogP contribution in [0.5, 0.6) is 0 Å². The number of hydrogen-bond donors (Lipinski definition) is 1. The van der Waals surface area contributed by atoms with Crippen molar-refractivity contribution in [3.63, 3.8) is 0 Å². The predicted octanol–water partition coefficient (Wildman–Crippen LogP) is 2.14. The molecule has 100 valence electrons. The zero-order chi connectivity index (χ0) is 13.4. The lowest BCUT2D eigenvalue weighted by Gasteiger charge is -2.18. The predicted molar refractivity (Wildman–Crippen MR) is 73.6 cm³/mol. The molecule has 4 nitrogen and oxygen atoms in total. The van der Waals surface area contributed by atoms with Crippen LogP contribution in [-0.4, -0.2) is 22.9 Å². The van der Waals surface area contributed by atoms with Gasteiger partial charge in [0.05, 0.1) is 5.69 Å². The van der Waals surface area contributed by atoms with Crippen LogP contribution in [0.15, 0.2) is 30.3 Å². The van der Waals surface area contributed by atoms with Crippen LogP contribution in [-0.2, 0) is 7.05 Å². The minimum absolute atomic E-state index is 0.197. The average molecular weight is 260 g/mol. The van der Waals surface area contributed by atoms with E-state index in [4.69, 9.17) is 5.73 Å². The van der Waals surface area contributed by atoms with Gasteiger partial charge in [-0.2, -0.15) is 5.10 Å². The Kier molecular flexibility index (Phi) is 2.89. The maximum Gasteiger partial charge on any atom is 0.123 e. The summed E-state index contributed by atoms with van der Waals surface area (Å²) in [5.74, 6) is 0.890. The molecule has 0 aliphatic carbocycles. The van der Waals surface area contributed by atoms with Crippen molar-refractivity contribution in [2.45, 2.75) is 12.3 Å². The maximum atomic E-state index is 12.9. The average Bonchev–Trinajstić information content (AvgIpc) is 2.99. The number of aryl methyl sites for hydroxylation is 1. The van der Waals surface area contributed by atoms with Gasteiger partial charge >= 0.3 is 0 Å². The standard InChI is InChI=1S/C14H17FN4/c1-18-14(16)8-13(17-18)10-6-7-19(9-10)12-4-2-11(15)3-5-12/h2-5,8,10H,6-7,9,16H2,1H3. The Morgan fingerprint density at radius 2 is 2.05 bits per heavy atom. The molecule has 0 saturated carbocycles. The summed E-state index contributed by atoms with van der Waals surface area (Å²) in [6, 6.07) is 8.59. The first-order chi connectivity index (χ1) is 9.13. The maximum absolute atomic E-state index is 12.9. The normalized spacial score (nSPS) is 19.1. The highest BCUT2D eigenvalue weighted by atomic mass is 19.1. The molecule has 1 fully saturated rings. The van der Waals surface area contributed by atoms with E-state index in [1.165, 1.54) is 12.1 Å². The van der Waals surface area contributed by atoms with Gasteiger partial charge in [-0.1, -0.05) is 0 Å². The minimum Gasteiger partial charge on any atom is -0.384 e. The van der Waals surface area contributed by atoms with Crippen LogP contribution in [0.25, 0.3) is 0 Å². The fourth-order valence-corrected chi connectivity index (χ4v) is 2.59. The van der Waals surface area contributed by atoms with Gasteiger partial charge in [0.25, 0.3) is 0 Å². The van der Waals surface area contributed by atoms with Crippen LogP contribution in [0.3, 0.4) is 0 Å². The number of nitrogen functional groups attached to an aromatic ring is 1. The van der Waals surface area contributed by atoms with Crippen molar-refractivity contribution < 1.29 is 4.39 Å². The summed E-state index contributed by atoms with van der Waals surface area (Å²) in [6.45, 7) is 1.87. The summed E-state index contributed by atoms with van der Waals surface area (Å²) in [7, 11) is 1.85. The summed E-state index contributed by atoms with van der Waals surface area (Å²) in [4.78, 5) is 2.26. The van der Waals surface area contributed by atoms with Crippen molar-refractivity contribution in [2.75, 3.05) is 23.7 Å². The van der Waals surface area contributed by atoms with Crippen molar-refractivity contribution >= 4 is 11.5 Å². The van der Waals surface area contributed by atoms with Gasteiger partial charge in [0, 0.05) is 37.8 Å².